The van der Waals surface area contributed by atoms with E-state index in [0.29, 0.717) is 0 Å². The Hall–Kier alpha value is -2.26. The molecule has 0 aromatic rings. The van der Waals surface area contributed by atoms with Crippen LogP contribution in [-0.4, -0.2) is 48.6 Å². The molecule has 1 aliphatic rings. The molecule has 0 aromatic carbocycles. The minimum atomic E-state index is -4.66. The molecular formula is C15H20F3NO6. The van der Waals surface area contributed by atoms with E-state index in [1.165, 1.54) is 6.08 Å². The average Bonchev–Trinajstić information content (AvgIpc) is 2.80. The highest BCUT2D eigenvalue weighted by Gasteiger charge is 2.31. The van der Waals surface area contributed by atoms with E-state index in [-0.39, 0.29) is 6.42 Å². The number of hydrogen-bond donors (Lipinski definition) is 1. The standard InChI is InChI=1S/C15H20F3NO6/c1-14(2,3)25-13(22)19-9-4-5-10(6-9)24-12(21)7-11(20)23-8-15(16,17)18/h4-5,9-10H,6-8H2,1-3H3,(H,19,22)/t9-,10-/m0/s1. The van der Waals surface area contributed by atoms with Crippen LogP contribution in [0.1, 0.15) is 33.6 Å². The molecule has 0 radical (unpaired) electrons. The van der Waals surface area contributed by atoms with Crippen molar-refractivity contribution in [2.75, 3.05) is 6.61 Å². The second-order valence-corrected chi connectivity index (χ2v) is 6.35. The zero-order valence-corrected chi connectivity index (χ0v) is 14.0. The van der Waals surface area contributed by atoms with Gasteiger partial charge in [-0.05, 0) is 26.8 Å². The van der Waals surface area contributed by atoms with Crippen LogP contribution in [0.4, 0.5) is 18.0 Å². The summed E-state index contributed by atoms with van der Waals surface area (Å²) in [6.45, 7) is 3.36. The Morgan fingerprint density at radius 2 is 1.76 bits per heavy atom. The molecule has 0 aliphatic heterocycles. The molecule has 1 amide bonds. The second-order valence-electron chi connectivity index (χ2n) is 6.35. The molecule has 0 unspecified atom stereocenters. The van der Waals surface area contributed by atoms with E-state index in [1.54, 1.807) is 26.8 Å². The van der Waals surface area contributed by atoms with Gasteiger partial charge in [-0.25, -0.2) is 4.79 Å². The first-order chi connectivity index (χ1) is 11.3. The van der Waals surface area contributed by atoms with Gasteiger partial charge in [-0.3, -0.25) is 9.59 Å². The van der Waals surface area contributed by atoms with Crippen LogP contribution in [-0.2, 0) is 23.8 Å². The second kappa shape index (κ2) is 8.21. The number of alkyl carbamates (subject to hydrolysis) is 1. The van der Waals surface area contributed by atoms with Crippen molar-refractivity contribution in [3.8, 4) is 0 Å². The molecule has 0 saturated carbocycles. The number of esters is 2. The van der Waals surface area contributed by atoms with Crippen LogP contribution in [0.2, 0.25) is 0 Å². The summed E-state index contributed by atoms with van der Waals surface area (Å²) in [5, 5.41) is 2.56. The van der Waals surface area contributed by atoms with Gasteiger partial charge < -0.3 is 19.5 Å². The molecule has 0 bridgehead atoms. The number of amides is 1. The first-order valence-electron chi connectivity index (χ1n) is 7.44. The Balaban J connectivity index is 2.31. The summed E-state index contributed by atoms with van der Waals surface area (Å²) in [4.78, 5) is 34.2. The lowest BCUT2D eigenvalue weighted by Crippen LogP contribution is -2.38. The Kier molecular flexibility index (Phi) is 6.83. The lowest BCUT2D eigenvalue weighted by atomic mass is 10.2. The highest BCUT2D eigenvalue weighted by Crippen LogP contribution is 2.17. The van der Waals surface area contributed by atoms with Gasteiger partial charge in [0.15, 0.2) is 6.61 Å². The molecular weight excluding hydrogens is 347 g/mol. The Morgan fingerprint density at radius 3 is 2.32 bits per heavy atom. The van der Waals surface area contributed by atoms with Gasteiger partial charge >= 0.3 is 24.2 Å². The van der Waals surface area contributed by atoms with E-state index in [2.05, 4.69) is 10.1 Å². The van der Waals surface area contributed by atoms with E-state index >= 15 is 0 Å². The molecule has 2 atom stereocenters. The molecule has 1 rings (SSSR count). The number of rotatable bonds is 5. The number of alkyl halides is 3. The molecule has 25 heavy (non-hydrogen) atoms. The summed E-state index contributed by atoms with van der Waals surface area (Å²) in [5.41, 5.74) is -0.658. The third kappa shape index (κ3) is 9.58. The molecule has 0 spiro atoms. The van der Waals surface area contributed by atoms with Crippen molar-refractivity contribution < 1.29 is 41.8 Å². The smallest absolute Gasteiger partial charge is 0.422 e. The van der Waals surface area contributed by atoms with Crippen LogP contribution in [0, 0.1) is 0 Å². The van der Waals surface area contributed by atoms with Gasteiger partial charge in [-0.1, -0.05) is 6.08 Å². The first-order valence-corrected chi connectivity index (χ1v) is 7.44. The fourth-order valence-corrected chi connectivity index (χ4v) is 1.86. The molecule has 142 valence electrons. The molecule has 10 heteroatoms. The molecule has 0 fully saturated rings. The number of nitrogens with one attached hydrogen (secondary N) is 1. The van der Waals surface area contributed by atoms with E-state index < -0.39 is 55.0 Å². The van der Waals surface area contributed by atoms with Crippen molar-refractivity contribution >= 4 is 18.0 Å². The van der Waals surface area contributed by atoms with E-state index in [1.807, 2.05) is 0 Å². The van der Waals surface area contributed by atoms with E-state index in [4.69, 9.17) is 9.47 Å². The first kappa shape index (κ1) is 20.8. The van der Waals surface area contributed by atoms with Crippen LogP contribution in [0.3, 0.4) is 0 Å². The van der Waals surface area contributed by atoms with Gasteiger partial charge in [0.1, 0.15) is 18.1 Å². The molecule has 1 N–H and O–H groups in total. The predicted molar refractivity (Wildman–Crippen MR) is 78.4 cm³/mol. The summed E-state index contributed by atoms with van der Waals surface area (Å²) in [6, 6.07) is -0.426. The van der Waals surface area contributed by atoms with Gasteiger partial charge in [0, 0.05) is 6.42 Å². The van der Waals surface area contributed by atoms with Crippen LogP contribution < -0.4 is 5.32 Å². The van der Waals surface area contributed by atoms with Gasteiger partial charge in [-0.2, -0.15) is 13.2 Å². The van der Waals surface area contributed by atoms with E-state index in [9.17, 15) is 27.6 Å². The van der Waals surface area contributed by atoms with Crippen LogP contribution >= 0.6 is 0 Å². The summed E-state index contributed by atoms with van der Waals surface area (Å²) in [6.07, 6.45) is -3.61. The summed E-state index contributed by atoms with van der Waals surface area (Å²) in [7, 11) is 0. The molecule has 0 heterocycles. The lowest BCUT2D eigenvalue weighted by molar-refractivity contribution is -0.188. The minimum Gasteiger partial charge on any atom is -0.458 e. The lowest BCUT2D eigenvalue weighted by Gasteiger charge is -2.21. The van der Waals surface area contributed by atoms with Crippen LogP contribution in [0.15, 0.2) is 12.2 Å². The summed E-state index contributed by atoms with van der Waals surface area (Å²) < 4.78 is 49.6. The number of ether oxygens (including phenoxy) is 3. The Morgan fingerprint density at radius 1 is 1.12 bits per heavy atom. The average molecular weight is 367 g/mol. The number of carbonyl (C=O) groups is 3. The summed E-state index contributed by atoms with van der Waals surface area (Å²) in [5.74, 6) is -2.34. The third-order valence-electron chi connectivity index (χ3n) is 2.71. The number of halogens is 3. The summed E-state index contributed by atoms with van der Waals surface area (Å²) >= 11 is 0. The normalized spacial score (nSPS) is 20.1. The van der Waals surface area contributed by atoms with Crippen molar-refractivity contribution in [2.45, 2.75) is 57.5 Å². The minimum absolute atomic E-state index is 0.225. The van der Waals surface area contributed by atoms with Crippen molar-refractivity contribution in [2.24, 2.45) is 0 Å². The molecule has 7 nitrogen and oxygen atoms in total. The molecule has 0 saturated heterocycles. The maximum Gasteiger partial charge on any atom is 0.422 e. The van der Waals surface area contributed by atoms with Gasteiger partial charge in [0.25, 0.3) is 0 Å². The third-order valence-corrected chi connectivity index (χ3v) is 2.71. The highest BCUT2D eigenvalue weighted by atomic mass is 19.4. The van der Waals surface area contributed by atoms with Crippen molar-refractivity contribution in [1.82, 2.24) is 5.32 Å². The maximum absolute atomic E-state index is 11.9. The highest BCUT2D eigenvalue weighted by molar-refractivity contribution is 5.91. The van der Waals surface area contributed by atoms with Crippen molar-refractivity contribution in [3.63, 3.8) is 0 Å². The van der Waals surface area contributed by atoms with Gasteiger partial charge in [-0.15, -0.1) is 0 Å². The van der Waals surface area contributed by atoms with Crippen molar-refractivity contribution in [3.05, 3.63) is 12.2 Å². The molecule has 0 aromatic heterocycles. The van der Waals surface area contributed by atoms with Crippen LogP contribution in [0.5, 0.6) is 0 Å². The Labute approximate surface area is 142 Å². The number of hydrogen-bond acceptors (Lipinski definition) is 6. The number of carbonyl (C=O) groups excluding carboxylic acids is 3. The monoisotopic (exact) mass is 367 g/mol. The zero-order valence-electron chi connectivity index (χ0n) is 14.0. The fraction of sp³-hybridized carbons (Fsp3) is 0.667. The fourth-order valence-electron chi connectivity index (χ4n) is 1.86. The SMILES string of the molecule is CC(C)(C)OC(=O)N[C@H]1C=C[C@H](OC(=O)CC(=O)OCC(F)(F)F)C1. The largest absolute Gasteiger partial charge is 0.458 e. The zero-order chi connectivity index (χ0) is 19.3. The van der Waals surface area contributed by atoms with E-state index in [0.717, 1.165) is 0 Å². The Bertz CT molecular complexity index is 538. The maximum atomic E-state index is 11.9. The van der Waals surface area contributed by atoms with Crippen LogP contribution in [0.25, 0.3) is 0 Å². The predicted octanol–water partition coefficient (Wildman–Crippen LogP) is 2.25. The van der Waals surface area contributed by atoms with Gasteiger partial charge in [0.2, 0.25) is 0 Å². The topological polar surface area (TPSA) is 90.9 Å². The molecule has 1 aliphatic carbocycles. The quantitative estimate of drug-likeness (QED) is 0.347. The van der Waals surface area contributed by atoms with Crippen molar-refractivity contribution in [1.29, 1.82) is 0 Å². The van der Waals surface area contributed by atoms with Gasteiger partial charge in [0.05, 0.1) is 6.04 Å².